The fourth-order valence-electron chi connectivity index (χ4n) is 1.98. The van der Waals surface area contributed by atoms with E-state index in [1.807, 2.05) is 31.2 Å². The van der Waals surface area contributed by atoms with E-state index in [1.54, 1.807) is 19.2 Å². The predicted octanol–water partition coefficient (Wildman–Crippen LogP) is 4.44. The number of aliphatic carboxylic acids is 1. The number of aryl methyl sites for hydroxylation is 1. The maximum atomic E-state index is 10.6. The first kappa shape index (κ1) is 17.1. The molecular formula is C18H17BrO4. The zero-order valence-electron chi connectivity index (χ0n) is 12.9. The smallest absolute Gasteiger partial charge is 0.328 e. The van der Waals surface area contributed by atoms with Crippen molar-refractivity contribution in [1.29, 1.82) is 0 Å². The van der Waals surface area contributed by atoms with E-state index in [4.69, 9.17) is 14.6 Å². The van der Waals surface area contributed by atoms with Gasteiger partial charge in [-0.2, -0.15) is 0 Å². The van der Waals surface area contributed by atoms with E-state index >= 15 is 0 Å². The zero-order chi connectivity index (χ0) is 16.8. The fraction of sp³-hybridized carbons (Fsp3) is 0.167. The molecule has 1 N–H and O–H groups in total. The van der Waals surface area contributed by atoms with E-state index in [-0.39, 0.29) is 0 Å². The minimum atomic E-state index is -1.00. The van der Waals surface area contributed by atoms with Gasteiger partial charge in [0.15, 0.2) is 11.5 Å². The summed E-state index contributed by atoms with van der Waals surface area (Å²) in [7, 11) is 1.55. The Bertz CT molecular complexity index is 721. The number of carboxylic acid groups (broad SMARTS) is 1. The Kier molecular flexibility index (Phi) is 5.82. The number of hydrogen-bond acceptors (Lipinski definition) is 3. The molecule has 0 atom stereocenters. The Morgan fingerprint density at radius 2 is 1.96 bits per heavy atom. The standard InChI is InChI=1S/C18H17BrO4/c1-12-3-5-13(6-4-12)11-23-18-15(19)9-14(7-8-17(20)21)10-16(18)22-2/h3-10H,11H2,1-2H3,(H,20,21)/b8-7+. The molecule has 0 amide bonds. The molecule has 0 unspecified atom stereocenters. The molecule has 4 nitrogen and oxygen atoms in total. The normalized spacial score (nSPS) is 10.7. The maximum Gasteiger partial charge on any atom is 0.328 e. The van der Waals surface area contributed by atoms with Gasteiger partial charge in [0.1, 0.15) is 6.61 Å². The fourth-order valence-corrected chi connectivity index (χ4v) is 2.56. The number of carbonyl (C=O) groups is 1. The highest BCUT2D eigenvalue weighted by Crippen LogP contribution is 2.37. The molecule has 23 heavy (non-hydrogen) atoms. The Morgan fingerprint density at radius 3 is 2.57 bits per heavy atom. The molecule has 2 aromatic carbocycles. The number of methoxy groups -OCH3 is 1. The quantitative estimate of drug-likeness (QED) is 0.756. The van der Waals surface area contributed by atoms with Gasteiger partial charge in [0, 0.05) is 6.08 Å². The van der Waals surface area contributed by atoms with Gasteiger partial charge in [-0.3, -0.25) is 0 Å². The number of hydrogen-bond donors (Lipinski definition) is 1. The van der Waals surface area contributed by atoms with Crippen molar-refractivity contribution in [3.8, 4) is 11.5 Å². The van der Waals surface area contributed by atoms with Crippen LogP contribution in [0.4, 0.5) is 0 Å². The number of carboxylic acids is 1. The Labute approximate surface area is 143 Å². The lowest BCUT2D eigenvalue weighted by atomic mass is 10.1. The first-order chi connectivity index (χ1) is 11.0. The molecular weight excluding hydrogens is 360 g/mol. The molecule has 0 aromatic heterocycles. The summed E-state index contributed by atoms with van der Waals surface area (Å²) in [5.41, 5.74) is 2.96. The first-order valence-electron chi connectivity index (χ1n) is 6.96. The highest BCUT2D eigenvalue weighted by Gasteiger charge is 2.11. The van der Waals surface area contributed by atoms with Crippen LogP contribution in [0, 0.1) is 6.92 Å². The Morgan fingerprint density at radius 1 is 1.26 bits per heavy atom. The van der Waals surface area contributed by atoms with Crippen LogP contribution in [-0.2, 0) is 11.4 Å². The van der Waals surface area contributed by atoms with Crippen molar-refractivity contribution in [2.45, 2.75) is 13.5 Å². The molecule has 0 bridgehead atoms. The van der Waals surface area contributed by atoms with Crippen LogP contribution in [0.2, 0.25) is 0 Å². The Balaban J connectivity index is 2.20. The van der Waals surface area contributed by atoms with Gasteiger partial charge in [0.05, 0.1) is 11.6 Å². The van der Waals surface area contributed by atoms with Gasteiger partial charge in [-0.05, 0) is 52.2 Å². The molecule has 0 spiro atoms. The summed E-state index contributed by atoms with van der Waals surface area (Å²) in [6, 6.07) is 11.6. The minimum absolute atomic E-state index is 0.416. The largest absolute Gasteiger partial charge is 0.493 e. The third kappa shape index (κ3) is 4.86. The van der Waals surface area contributed by atoms with Gasteiger partial charge in [-0.1, -0.05) is 29.8 Å². The lowest BCUT2D eigenvalue weighted by molar-refractivity contribution is -0.131. The highest BCUT2D eigenvalue weighted by atomic mass is 79.9. The van der Waals surface area contributed by atoms with E-state index in [2.05, 4.69) is 15.9 Å². The van der Waals surface area contributed by atoms with Crippen molar-refractivity contribution < 1.29 is 19.4 Å². The van der Waals surface area contributed by atoms with Crippen molar-refractivity contribution in [3.63, 3.8) is 0 Å². The summed E-state index contributed by atoms with van der Waals surface area (Å²) < 4.78 is 11.9. The maximum absolute atomic E-state index is 10.6. The molecule has 0 aliphatic carbocycles. The second-order valence-corrected chi connectivity index (χ2v) is 5.83. The summed E-state index contributed by atoms with van der Waals surface area (Å²) in [6.45, 7) is 2.45. The second kappa shape index (κ2) is 7.83. The van der Waals surface area contributed by atoms with E-state index in [1.165, 1.54) is 11.6 Å². The van der Waals surface area contributed by atoms with E-state index in [9.17, 15) is 4.79 Å². The molecule has 2 rings (SSSR count). The van der Waals surface area contributed by atoms with Crippen LogP contribution in [0.5, 0.6) is 11.5 Å². The van der Waals surface area contributed by atoms with Crippen molar-refractivity contribution in [1.82, 2.24) is 0 Å². The lowest BCUT2D eigenvalue weighted by Gasteiger charge is -2.13. The van der Waals surface area contributed by atoms with Crippen molar-refractivity contribution >= 4 is 28.0 Å². The third-order valence-electron chi connectivity index (χ3n) is 3.17. The van der Waals surface area contributed by atoms with Crippen LogP contribution in [0.3, 0.4) is 0 Å². The molecule has 0 saturated carbocycles. The summed E-state index contributed by atoms with van der Waals surface area (Å²) in [4.78, 5) is 10.6. The Hall–Kier alpha value is -2.27. The van der Waals surface area contributed by atoms with Crippen molar-refractivity contribution in [3.05, 3.63) is 63.6 Å². The van der Waals surface area contributed by atoms with Gasteiger partial charge in [0.2, 0.25) is 0 Å². The van der Waals surface area contributed by atoms with Gasteiger partial charge >= 0.3 is 5.97 Å². The third-order valence-corrected chi connectivity index (χ3v) is 3.76. The van der Waals surface area contributed by atoms with Gasteiger partial charge in [-0.15, -0.1) is 0 Å². The molecule has 0 heterocycles. The van der Waals surface area contributed by atoms with Gasteiger partial charge < -0.3 is 14.6 Å². The van der Waals surface area contributed by atoms with E-state index < -0.39 is 5.97 Å². The lowest BCUT2D eigenvalue weighted by Crippen LogP contribution is -1.99. The molecule has 0 saturated heterocycles. The highest BCUT2D eigenvalue weighted by molar-refractivity contribution is 9.10. The van der Waals surface area contributed by atoms with Crippen LogP contribution in [0.1, 0.15) is 16.7 Å². The number of rotatable bonds is 6. The van der Waals surface area contributed by atoms with Crippen molar-refractivity contribution in [2.75, 3.05) is 7.11 Å². The molecule has 0 aliphatic rings. The van der Waals surface area contributed by atoms with Crippen LogP contribution >= 0.6 is 15.9 Å². The average molecular weight is 377 g/mol. The topological polar surface area (TPSA) is 55.8 Å². The minimum Gasteiger partial charge on any atom is -0.493 e. The van der Waals surface area contributed by atoms with E-state index in [0.29, 0.717) is 28.1 Å². The summed E-state index contributed by atoms with van der Waals surface area (Å²) in [6.07, 6.45) is 2.58. The first-order valence-corrected chi connectivity index (χ1v) is 7.76. The summed E-state index contributed by atoms with van der Waals surface area (Å²) in [5.74, 6) is 0.122. The number of ether oxygens (including phenoxy) is 2. The summed E-state index contributed by atoms with van der Waals surface area (Å²) in [5, 5.41) is 8.70. The predicted molar refractivity (Wildman–Crippen MR) is 92.9 cm³/mol. The number of halogens is 1. The summed E-state index contributed by atoms with van der Waals surface area (Å²) >= 11 is 3.44. The van der Waals surface area contributed by atoms with Crippen LogP contribution in [0.25, 0.3) is 6.08 Å². The zero-order valence-corrected chi connectivity index (χ0v) is 14.5. The van der Waals surface area contributed by atoms with Gasteiger partial charge in [-0.25, -0.2) is 4.79 Å². The number of benzene rings is 2. The average Bonchev–Trinajstić information content (AvgIpc) is 2.53. The molecule has 0 radical (unpaired) electrons. The van der Waals surface area contributed by atoms with Crippen LogP contribution < -0.4 is 9.47 Å². The molecule has 5 heteroatoms. The van der Waals surface area contributed by atoms with Crippen LogP contribution in [-0.4, -0.2) is 18.2 Å². The molecule has 0 fully saturated rings. The van der Waals surface area contributed by atoms with Crippen LogP contribution in [0.15, 0.2) is 46.9 Å². The molecule has 120 valence electrons. The second-order valence-electron chi connectivity index (χ2n) is 4.98. The van der Waals surface area contributed by atoms with Crippen molar-refractivity contribution in [2.24, 2.45) is 0 Å². The van der Waals surface area contributed by atoms with Gasteiger partial charge in [0.25, 0.3) is 0 Å². The van der Waals surface area contributed by atoms with E-state index in [0.717, 1.165) is 11.6 Å². The molecule has 0 aliphatic heterocycles. The molecule has 2 aromatic rings. The SMILES string of the molecule is COc1cc(/C=C/C(=O)O)cc(Br)c1OCc1ccc(C)cc1. The monoisotopic (exact) mass is 376 g/mol.